The highest BCUT2D eigenvalue weighted by Gasteiger charge is 2.40. The number of thioether (sulfide) groups is 1. The monoisotopic (exact) mass is 258 g/mol. The molecule has 3 heteroatoms. The summed E-state index contributed by atoms with van der Waals surface area (Å²) in [6, 6.07) is 0. The molecule has 1 aliphatic heterocycles. The van der Waals surface area contributed by atoms with Crippen LogP contribution in [0, 0.1) is 5.92 Å². The maximum atomic E-state index is 10.3. The van der Waals surface area contributed by atoms with Crippen molar-refractivity contribution in [3.63, 3.8) is 0 Å². The fourth-order valence-corrected chi connectivity index (χ4v) is 3.89. The fraction of sp³-hybridized carbons (Fsp3) is 1.00. The molecule has 0 aromatic heterocycles. The van der Waals surface area contributed by atoms with Crippen molar-refractivity contribution in [2.45, 2.75) is 63.1 Å². The first kappa shape index (κ1) is 13.7. The van der Waals surface area contributed by atoms with Crippen LogP contribution in [0.2, 0.25) is 0 Å². The maximum absolute atomic E-state index is 10.3. The minimum absolute atomic E-state index is 0.106. The van der Waals surface area contributed by atoms with Crippen molar-refractivity contribution in [3.05, 3.63) is 0 Å². The van der Waals surface area contributed by atoms with E-state index in [-0.39, 0.29) is 11.7 Å². The molecule has 1 heterocycles. The number of hydrogen-bond donors (Lipinski definition) is 1. The van der Waals surface area contributed by atoms with Crippen LogP contribution in [0.1, 0.15) is 51.4 Å². The molecule has 1 spiro atoms. The summed E-state index contributed by atoms with van der Waals surface area (Å²) in [7, 11) is 0. The normalized spacial score (nSPS) is 30.4. The Labute approximate surface area is 110 Å². The van der Waals surface area contributed by atoms with Gasteiger partial charge in [-0.15, -0.1) is 0 Å². The molecule has 2 atom stereocenters. The van der Waals surface area contributed by atoms with Gasteiger partial charge in [-0.05, 0) is 50.0 Å². The minimum Gasteiger partial charge on any atom is -0.393 e. The summed E-state index contributed by atoms with van der Waals surface area (Å²) < 4.78 is 6.07. The lowest BCUT2D eigenvalue weighted by molar-refractivity contribution is -0.133. The molecule has 2 aliphatic rings. The second-order valence-electron chi connectivity index (χ2n) is 5.69. The molecule has 1 aliphatic carbocycles. The number of ether oxygens (including phenoxy) is 1. The molecule has 100 valence electrons. The summed E-state index contributed by atoms with van der Waals surface area (Å²) in [5.41, 5.74) is 0.140. The Bertz CT molecular complexity index is 221. The Hall–Kier alpha value is 0.270. The Balaban J connectivity index is 1.87. The maximum Gasteiger partial charge on any atom is 0.0686 e. The SMILES string of the molecule is CSCCC(O)C1CCOC2(CCCCC2)C1. The summed E-state index contributed by atoms with van der Waals surface area (Å²) in [6.45, 7) is 0.862. The van der Waals surface area contributed by atoms with Gasteiger partial charge in [-0.25, -0.2) is 0 Å². The van der Waals surface area contributed by atoms with Crippen molar-refractivity contribution in [2.75, 3.05) is 18.6 Å². The second kappa shape index (κ2) is 6.44. The number of aliphatic hydroxyl groups excluding tert-OH is 1. The van der Waals surface area contributed by atoms with Gasteiger partial charge in [0.25, 0.3) is 0 Å². The summed E-state index contributed by atoms with van der Waals surface area (Å²) in [4.78, 5) is 0. The Morgan fingerprint density at radius 3 is 2.82 bits per heavy atom. The zero-order valence-electron chi connectivity index (χ0n) is 11.0. The van der Waals surface area contributed by atoms with Gasteiger partial charge in [0.05, 0.1) is 11.7 Å². The van der Waals surface area contributed by atoms with Gasteiger partial charge in [-0.3, -0.25) is 0 Å². The van der Waals surface area contributed by atoms with Crippen LogP contribution in [-0.2, 0) is 4.74 Å². The number of aliphatic hydroxyl groups is 1. The molecule has 0 radical (unpaired) electrons. The van der Waals surface area contributed by atoms with Crippen LogP contribution in [0.4, 0.5) is 0 Å². The Morgan fingerprint density at radius 2 is 2.12 bits per heavy atom. The summed E-state index contributed by atoms with van der Waals surface area (Å²) in [5.74, 6) is 1.56. The Morgan fingerprint density at radius 1 is 1.35 bits per heavy atom. The van der Waals surface area contributed by atoms with Gasteiger partial charge >= 0.3 is 0 Å². The lowest BCUT2D eigenvalue weighted by atomic mass is 9.74. The summed E-state index contributed by atoms with van der Waals surface area (Å²) in [6.07, 6.45) is 11.5. The summed E-state index contributed by atoms with van der Waals surface area (Å²) >= 11 is 1.83. The average molecular weight is 258 g/mol. The molecule has 17 heavy (non-hydrogen) atoms. The average Bonchev–Trinajstić information content (AvgIpc) is 2.37. The molecule has 0 aromatic carbocycles. The standard InChI is InChI=1S/C14H26O2S/c1-17-10-6-13(15)12-5-9-16-14(11-12)7-3-2-4-8-14/h12-13,15H,2-11H2,1H3. The van der Waals surface area contributed by atoms with Crippen LogP contribution >= 0.6 is 11.8 Å². The largest absolute Gasteiger partial charge is 0.393 e. The molecule has 2 rings (SSSR count). The molecular weight excluding hydrogens is 232 g/mol. The van der Waals surface area contributed by atoms with Crippen LogP contribution in [0.15, 0.2) is 0 Å². The molecule has 1 N–H and O–H groups in total. The van der Waals surface area contributed by atoms with E-state index in [4.69, 9.17) is 4.74 Å². The molecule has 1 saturated carbocycles. The van der Waals surface area contributed by atoms with Crippen LogP contribution in [0.25, 0.3) is 0 Å². The smallest absolute Gasteiger partial charge is 0.0686 e. The third-order valence-corrected chi connectivity index (χ3v) is 5.10. The lowest BCUT2D eigenvalue weighted by Crippen LogP contribution is -2.44. The van der Waals surface area contributed by atoms with Crippen LogP contribution in [0.3, 0.4) is 0 Å². The second-order valence-corrected chi connectivity index (χ2v) is 6.68. The topological polar surface area (TPSA) is 29.5 Å². The van der Waals surface area contributed by atoms with Gasteiger partial charge in [0.2, 0.25) is 0 Å². The van der Waals surface area contributed by atoms with Gasteiger partial charge in [0.15, 0.2) is 0 Å². The van der Waals surface area contributed by atoms with Gasteiger partial charge in [-0.1, -0.05) is 19.3 Å². The van der Waals surface area contributed by atoms with Gasteiger partial charge in [0.1, 0.15) is 0 Å². The van der Waals surface area contributed by atoms with E-state index in [0.717, 1.165) is 31.6 Å². The van der Waals surface area contributed by atoms with Crippen molar-refractivity contribution >= 4 is 11.8 Å². The first-order valence-electron chi connectivity index (χ1n) is 7.07. The molecule has 2 unspecified atom stereocenters. The van der Waals surface area contributed by atoms with Crippen LogP contribution in [-0.4, -0.2) is 35.4 Å². The molecular formula is C14H26O2S. The van der Waals surface area contributed by atoms with Gasteiger partial charge < -0.3 is 9.84 Å². The highest BCUT2D eigenvalue weighted by atomic mass is 32.2. The quantitative estimate of drug-likeness (QED) is 0.839. The van der Waals surface area contributed by atoms with Crippen molar-refractivity contribution < 1.29 is 9.84 Å². The van der Waals surface area contributed by atoms with E-state index in [0.29, 0.717) is 5.92 Å². The predicted molar refractivity (Wildman–Crippen MR) is 73.5 cm³/mol. The zero-order chi connectivity index (χ0) is 12.1. The van der Waals surface area contributed by atoms with Crippen molar-refractivity contribution in [1.82, 2.24) is 0 Å². The van der Waals surface area contributed by atoms with E-state index in [1.807, 2.05) is 11.8 Å². The molecule has 2 fully saturated rings. The van der Waals surface area contributed by atoms with Crippen molar-refractivity contribution in [1.29, 1.82) is 0 Å². The molecule has 0 aromatic rings. The molecule has 2 nitrogen and oxygen atoms in total. The third kappa shape index (κ3) is 3.62. The van der Waals surface area contributed by atoms with Gasteiger partial charge in [-0.2, -0.15) is 11.8 Å². The highest BCUT2D eigenvalue weighted by molar-refractivity contribution is 7.98. The predicted octanol–water partition coefficient (Wildman–Crippen LogP) is 3.23. The third-order valence-electron chi connectivity index (χ3n) is 4.46. The molecule has 0 bridgehead atoms. The first-order chi connectivity index (χ1) is 8.26. The highest BCUT2D eigenvalue weighted by Crippen LogP contribution is 2.41. The van der Waals surface area contributed by atoms with Crippen LogP contribution < -0.4 is 0 Å². The lowest BCUT2D eigenvalue weighted by Gasteiger charge is -2.44. The molecule has 0 amide bonds. The Kier molecular flexibility index (Phi) is 5.19. The van der Waals surface area contributed by atoms with Crippen molar-refractivity contribution in [3.8, 4) is 0 Å². The number of hydrogen-bond acceptors (Lipinski definition) is 3. The molecule has 1 saturated heterocycles. The van der Waals surface area contributed by atoms with E-state index in [9.17, 15) is 5.11 Å². The van der Waals surface area contributed by atoms with E-state index < -0.39 is 0 Å². The van der Waals surface area contributed by atoms with Gasteiger partial charge in [0, 0.05) is 6.61 Å². The van der Waals surface area contributed by atoms with E-state index in [1.165, 1.54) is 32.1 Å². The fourth-order valence-electron chi connectivity index (χ4n) is 3.41. The zero-order valence-corrected chi connectivity index (χ0v) is 11.8. The van der Waals surface area contributed by atoms with E-state index in [1.54, 1.807) is 0 Å². The first-order valence-corrected chi connectivity index (χ1v) is 8.46. The minimum atomic E-state index is -0.106. The van der Waals surface area contributed by atoms with E-state index in [2.05, 4.69) is 6.26 Å². The summed E-state index contributed by atoms with van der Waals surface area (Å²) in [5, 5.41) is 10.3. The number of rotatable bonds is 4. The van der Waals surface area contributed by atoms with Crippen molar-refractivity contribution in [2.24, 2.45) is 5.92 Å². The van der Waals surface area contributed by atoms with Crippen LogP contribution in [0.5, 0.6) is 0 Å². The van der Waals surface area contributed by atoms with E-state index >= 15 is 0 Å².